The number of hydrogen-bond acceptors (Lipinski definition) is 0. The third kappa shape index (κ3) is 2.78. The molecule has 154 valence electrons. The molecule has 1 heterocycles. The van der Waals surface area contributed by atoms with Crippen molar-refractivity contribution >= 4 is 32.6 Å². The Balaban J connectivity index is 1.65. The molecule has 0 unspecified atom stereocenters. The molecule has 0 radical (unpaired) electrons. The van der Waals surface area contributed by atoms with Gasteiger partial charge in [-0.3, -0.25) is 0 Å². The van der Waals surface area contributed by atoms with Gasteiger partial charge in [-0.05, 0) is 88.7 Å². The molecule has 0 fully saturated rings. The Labute approximate surface area is 188 Å². The van der Waals surface area contributed by atoms with Crippen molar-refractivity contribution in [3.05, 3.63) is 108 Å². The van der Waals surface area contributed by atoms with Gasteiger partial charge in [-0.1, -0.05) is 72.8 Å². The fourth-order valence-electron chi connectivity index (χ4n) is 5.22. The molecule has 0 aliphatic heterocycles. The van der Waals surface area contributed by atoms with Gasteiger partial charge < -0.3 is 4.98 Å². The van der Waals surface area contributed by atoms with Crippen molar-refractivity contribution in [1.29, 1.82) is 0 Å². The van der Waals surface area contributed by atoms with Crippen molar-refractivity contribution in [2.75, 3.05) is 0 Å². The lowest BCUT2D eigenvalue weighted by Crippen LogP contribution is -1.92. The highest BCUT2D eigenvalue weighted by Crippen LogP contribution is 2.39. The molecule has 0 amide bonds. The SMILES string of the molecule is Cc1ccccc1-c1cccc(-c2cc3c(ccc4[nH]c5ccccc5c43)cc2C)c1C. The van der Waals surface area contributed by atoms with Crippen molar-refractivity contribution in [2.45, 2.75) is 20.8 Å². The Morgan fingerprint density at radius 1 is 0.500 bits per heavy atom. The van der Waals surface area contributed by atoms with Gasteiger partial charge in [-0.15, -0.1) is 0 Å². The number of aryl methyl sites for hydroxylation is 2. The molecular formula is C31H25N. The van der Waals surface area contributed by atoms with Crippen LogP contribution in [0.3, 0.4) is 0 Å². The average Bonchev–Trinajstić information content (AvgIpc) is 3.19. The quantitative estimate of drug-likeness (QED) is 0.293. The zero-order valence-electron chi connectivity index (χ0n) is 18.7. The minimum Gasteiger partial charge on any atom is -0.354 e. The average molecular weight is 412 g/mol. The van der Waals surface area contributed by atoms with Crippen LogP contribution in [0.25, 0.3) is 54.8 Å². The first kappa shape index (κ1) is 18.9. The van der Waals surface area contributed by atoms with Crippen LogP contribution in [-0.4, -0.2) is 4.98 Å². The van der Waals surface area contributed by atoms with Crippen LogP contribution in [0.15, 0.2) is 91.0 Å². The minimum atomic E-state index is 1.19. The van der Waals surface area contributed by atoms with Crippen molar-refractivity contribution < 1.29 is 0 Å². The summed E-state index contributed by atoms with van der Waals surface area (Å²) in [6, 6.07) is 33.1. The third-order valence-corrected chi connectivity index (χ3v) is 6.89. The molecule has 0 aliphatic carbocycles. The van der Waals surface area contributed by atoms with E-state index in [0.717, 1.165) is 0 Å². The molecule has 0 saturated carbocycles. The monoisotopic (exact) mass is 411 g/mol. The van der Waals surface area contributed by atoms with Gasteiger partial charge in [0.15, 0.2) is 0 Å². The van der Waals surface area contributed by atoms with E-state index < -0.39 is 0 Å². The largest absolute Gasteiger partial charge is 0.354 e. The van der Waals surface area contributed by atoms with Crippen LogP contribution in [0.1, 0.15) is 16.7 Å². The summed E-state index contributed by atoms with van der Waals surface area (Å²) in [7, 11) is 0. The molecule has 1 aromatic heterocycles. The van der Waals surface area contributed by atoms with E-state index in [2.05, 4.69) is 117 Å². The van der Waals surface area contributed by atoms with Gasteiger partial charge in [-0.2, -0.15) is 0 Å². The maximum absolute atomic E-state index is 3.59. The third-order valence-electron chi connectivity index (χ3n) is 6.89. The molecular weight excluding hydrogens is 386 g/mol. The molecule has 6 aromatic rings. The number of aromatic nitrogens is 1. The lowest BCUT2D eigenvalue weighted by molar-refractivity contribution is 1.39. The smallest absolute Gasteiger partial charge is 0.0471 e. The predicted molar refractivity (Wildman–Crippen MR) is 138 cm³/mol. The number of fused-ring (bicyclic) bond motifs is 5. The highest BCUT2D eigenvalue weighted by atomic mass is 14.7. The predicted octanol–water partition coefficient (Wildman–Crippen LogP) is 8.73. The molecule has 0 spiro atoms. The zero-order valence-corrected chi connectivity index (χ0v) is 18.7. The van der Waals surface area contributed by atoms with Crippen LogP contribution in [0.4, 0.5) is 0 Å². The highest BCUT2D eigenvalue weighted by molar-refractivity contribution is 6.20. The molecule has 0 aliphatic rings. The number of para-hydroxylation sites is 1. The Bertz CT molecular complexity index is 1650. The molecule has 1 N–H and O–H groups in total. The summed E-state index contributed by atoms with van der Waals surface area (Å²) in [5.74, 6) is 0. The van der Waals surface area contributed by atoms with Crippen LogP contribution in [0, 0.1) is 20.8 Å². The number of benzene rings is 5. The van der Waals surface area contributed by atoms with Gasteiger partial charge in [0.25, 0.3) is 0 Å². The van der Waals surface area contributed by atoms with Gasteiger partial charge in [0, 0.05) is 21.8 Å². The van der Waals surface area contributed by atoms with Gasteiger partial charge in [-0.25, -0.2) is 0 Å². The fourth-order valence-corrected chi connectivity index (χ4v) is 5.22. The summed E-state index contributed by atoms with van der Waals surface area (Å²) in [5, 5.41) is 5.19. The maximum atomic E-state index is 3.59. The normalized spacial score (nSPS) is 11.6. The number of aromatic amines is 1. The number of hydrogen-bond donors (Lipinski definition) is 1. The van der Waals surface area contributed by atoms with Crippen LogP contribution in [-0.2, 0) is 0 Å². The summed E-state index contributed by atoms with van der Waals surface area (Å²) < 4.78 is 0. The maximum Gasteiger partial charge on any atom is 0.0471 e. The van der Waals surface area contributed by atoms with E-state index in [9.17, 15) is 0 Å². The van der Waals surface area contributed by atoms with E-state index >= 15 is 0 Å². The number of H-pyrrole nitrogens is 1. The second kappa shape index (κ2) is 7.10. The standard InChI is InChI=1S/C31H25N/c1-19-9-4-5-10-23(19)24-12-8-13-25(21(24)3)27-18-28-22(17-20(27)2)15-16-30-31(28)26-11-6-7-14-29(26)32-30/h4-18,32H,1-3H3. The lowest BCUT2D eigenvalue weighted by Gasteiger charge is -2.16. The Morgan fingerprint density at radius 2 is 1.22 bits per heavy atom. The van der Waals surface area contributed by atoms with Crippen LogP contribution >= 0.6 is 0 Å². The van der Waals surface area contributed by atoms with Gasteiger partial charge in [0.05, 0.1) is 0 Å². The van der Waals surface area contributed by atoms with Crippen molar-refractivity contribution in [1.82, 2.24) is 4.98 Å². The summed E-state index contributed by atoms with van der Waals surface area (Å²) in [5.41, 5.74) is 11.6. The molecule has 0 saturated heterocycles. The lowest BCUT2D eigenvalue weighted by atomic mass is 9.88. The Hall–Kier alpha value is -3.84. The van der Waals surface area contributed by atoms with E-state index in [0.29, 0.717) is 0 Å². The summed E-state index contributed by atoms with van der Waals surface area (Å²) in [6.45, 7) is 6.68. The molecule has 1 heteroatoms. The van der Waals surface area contributed by atoms with Gasteiger partial charge in [0.2, 0.25) is 0 Å². The number of rotatable bonds is 2. The van der Waals surface area contributed by atoms with Crippen LogP contribution < -0.4 is 0 Å². The second-order valence-corrected chi connectivity index (χ2v) is 8.84. The first-order valence-corrected chi connectivity index (χ1v) is 11.2. The van der Waals surface area contributed by atoms with Crippen LogP contribution in [0.5, 0.6) is 0 Å². The van der Waals surface area contributed by atoms with E-state index in [-0.39, 0.29) is 0 Å². The summed E-state index contributed by atoms with van der Waals surface area (Å²) >= 11 is 0. The van der Waals surface area contributed by atoms with Crippen LogP contribution in [0.2, 0.25) is 0 Å². The van der Waals surface area contributed by atoms with E-state index in [1.807, 2.05) is 0 Å². The van der Waals surface area contributed by atoms with Gasteiger partial charge >= 0.3 is 0 Å². The molecule has 0 bridgehead atoms. The molecule has 1 nitrogen and oxygen atoms in total. The van der Waals surface area contributed by atoms with E-state index in [4.69, 9.17) is 0 Å². The molecule has 0 atom stereocenters. The van der Waals surface area contributed by atoms with Gasteiger partial charge in [0.1, 0.15) is 0 Å². The van der Waals surface area contributed by atoms with E-state index in [1.54, 1.807) is 0 Å². The topological polar surface area (TPSA) is 15.8 Å². The Kier molecular flexibility index (Phi) is 4.19. The first-order valence-electron chi connectivity index (χ1n) is 11.2. The summed E-state index contributed by atoms with van der Waals surface area (Å²) in [6.07, 6.45) is 0. The highest BCUT2D eigenvalue weighted by Gasteiger charge is 2.14. The Morgan fingerprint density at radius 3 is 2.06 bits per heavy atom. The second-order valence-electron chi connectivity index (χ2n) is 8.84. The van der Waals surface area contributed by atoms with Crippen molar-refractivity contribution in [2.24, 2.45) is 0 Å². The minimum absolute atomic E-state index is 1.19. The molecule has 6 rings (SSSR count). The van der Waals surface area contributed by atoms with E-state index in [1.165, 1.54) is 71.5 Å². The zero-order chi connectivity index (χ0) is 21.8. The first-order chi connectivity index (χ1) is 15.6. The molecule has 5 aromatic carbocycles. The number of nitrogens with one attached hydrogen (secondary N) is 1. The van der Waals surface area contributed by atoms with Crippen molar-refractivity contribution in [3.63, 3.8) is 0 Å². The summed E-state index contributed by atoms with van der Waals surface area (Å²) in [4.78, 5) is 3.59. The fraction of sp³-hybridized carbons (Fsp3) is 0.0968. The molecule has 32 heavy (non-hydrogen) atoms. The van der Waals surface area contributed by atoms with Crippen molar-refractivity contribution in [3.8, 4) is 22.3 Å².